The molecule has 0 aliphatic heterocycles. The van der Waals surface area contributed by atoms with Gasteiger partial charge in [0, 0.05) is 17.6 Å². The quantitative estimate of drug-likeness (QED) is 0.863. The Morgan fingerprint density at radius 2 is 2.18 bits per heavy atom. The number of rotatable bonds is 4. The third kappa shape index (κ3) is 3.26. The summed E-state index contributed by atoms with van der Waals surface area (Å²) in [6.45, 7) is 5.87. The fourth-order valence-corrected chi connectivity index (χ4v) is 2.90. The van der Waals surface area contributed by atoms with E-state index in [-0.39, 0.29) is 0 Å². The maximum absolute atomic E-state index is 4.52. The minimum Gasteiger partial charge on any atom is -0.342 e. The monoisotopic (exact) mass is 311 g/mol. The summed E-state index contributed by atoms with van der Waals surface area (Å²) >= 11 is 5.03. The zero-order chi connectivity index (χ0) is 12.3. The third-order valence-electron chi connectivity index (χ3n) is 2.42. The molecule has 0 aliphatic rings. The van der Waals surface area contributed by atoms with Crippen LogP contribution in [0.25, 0.3) is 0 Å². The number of aryl methyl sites for hydroxylation is 1. The summed E-state index contributed by atoms with van der Waals surface area (Å²) in [6.07, 6.45) is 0. The summed E-state index contributed by atoms with van der Waals surface area (Å²) in [5, 5.41) is 3.03. The first kappa shape index (κ1) is 12.5. The van der Waals surface area contributed by atoms with Gasteiger partial charge in [0.05, 0.1) is 12.2 Å². The van der Waals surface area contributed by atoms with Crippen LogP contribution in [-0.2, 0) is 6.54 Å². The number of hydrogen-bond acceptors (Lipinski definition) is 4. The van der Waals surface area contributed by atoms with Gasteiger partial charge in [-0.15, -0.1) is 11.3 Å². The number of halogens is 1. The summed E-state index contributed by atoms with van der Waals surface area (Å²) in [6, 6.07) is 6.11. The molecule has 0 aliphatic carbocycles. The third-order valence-corrected chi connectivity index (χ3v) is 4.03. The van der Waals surface area contributed by atoms with Gasteiger partial charge in [-0.3, -0.25) is 4.98 Å². The van der Waals surface area contributed by atoms with Gasteiger partial charge < -0.3 is 4.90 Å². The largest absolute Gasteiger partial charge is 0.342 e. The number of nitrogens with zero attached hydrogens (tertiary/aromatic N) is 3. The van der Waals surface area contributed by atoms with E-state index in [0.717, 1.165) is 34.2 Å². The molecular weight excluding hydrogens is 298 g/mol. The molecule has 2 heterocycles. The lowest BCUT2D eigenvalue weighted by molar-refractivity contribution is 0.800. The number of aromatic nitrogens is 2. The molecular formula is C12H14BrN3S. The second-order valence-electron chi connectivity index (χ2n) is 3.74. The average molecular weight is 312 g/mol. The Bertz CT molecular complexity index is 498. The van der Waals surface area contributed by atoms with Crippen molar-refractivity contribution in [3.8, 4) is 0 Å². The molecule has 0 saturated carbocycles. The first-order chi connectivity index (χ1) is 8.19. The van der Waals surface area contributed by atoms with Gasteiger partial charge >= 0.3 is 0 Å². The first-order valence-electron chi connectivity index (χ1n) is 5.47. The van der Waals surface area contributed by atoms with E-state index < -0.39 is 0 Å². The second kappa shape index (κ2) is 5.60. The molecule has 0 radical (unpaired) electrons. The molecule has 3 nitrogen and oxygen atoms in total. The number of anilines is 1. The van der Waals surface area contributed by atoms with Gasteiger partial charge in [-0.2, -0.15) is 0 Å². The molecule has 5 heteroatoms. The van der Waals surface area contributed by atoms with Gasteiger partial charge in [-0.25, -0.2) is 4.98 Å². The van der Waals surface area contributed by atoms with E-state index in [1.807, 2.05) is 24.4 Å². The lowest BCUT2D eigenvalue weighted by atomic mass is 10.3. The van der Waals surface area contributed by atoms with Gasteiger partial charge in [0.2, 0.25) is 0 Å². The Labute approximate surface area is 114 Å². The van der Waals surface area contributed by atoms with Crippen molar-refractivity contribution in [3.63, 3.8) is 0 Å². The second-order valence-corrected chi connectivity index (χ2v) is 5.39. The summed E-state index contributed by atoms with van der Waals surface area (Å²) in [7, 11) is 0. The van der Waals surface area contributed by atoms with E-state index in [2.05, 4.69) is 43.8 Å². The highest BCUT2D eigenvalue weighted by atomic mass is 79.9. The SMILES string of the molecule is CCN(Cc1cccc(C)n1)c1nc(Br)cs1. The van der Waals surface area contributed by atoms with Crippen LogP contribution in [0.3, 0.4) is 0 Å². The van der Waals surface area contributed by atoms with Crippen molar-refractivity contribution >= 4 is 32.4 Å². The molecule has 0 saturated heterocycles. The van der Waals surface area contributed by atoms with E-state index in [1.54, 1.807) is 11.3 Å². The Morgan fingerprint density at radius 3 is 2.76 bits per heavy atom. The Hall–Kier alpha value is -0.940. The Morgan fingerprint density at radius 1 is 1.35 bits per heavy atom. The molecule has 2 aromatic heterocycles. The summed E-state index contributed by atoms with van der Waals surface area (Å²) in [5.41, 5.74) is 2.14. The first-order valence-corrected chi connectivity index (χ1v) is 7.15. The maximum atomic E-state index is 4.52. The predicted molar refractivity (Wildman–Crippen MR) is 75.5 cm³/mol. The molecule has 0 atom stereocenters. The van der Waals surface area contributed by atoms with Gasteiger partial charge in [-0.1, -0.05) is 6.07 Å². The minimum atomic E-state index is 0.804. The Kier molecular flexibility index (Phi) is 4.12. The fraction of sp³-hybridized carbons (Fsp3) is 0.333. The highest BCUT2D eigenvalue weighted by molar-refractivity contribution is 9.10. The van der Waals surface area contributed by atoms with Crippen LogP contribution in [0.4, 0.5) is 5.13 Å². The topological polar surface area (TPSA) is 29.0 Å². The van der Waals surface area contributed by atoms with Crippen LogP contribution in [0.1, 0.15) is 18.3 Å². The molecule has 0 N–H and O–H groups in total. The van der Waals surface area contributed by atoms with Crippen LogP contribution in [0.2, 0.25) is 0 Å². The van der Waals surface area contributed by atoms with Crippen LogP contribution in [0.15, 0.2) is 28.2 Å². The lowest BCUT2D eigenvalue weighted by Gasteiger charge is -2.19. The van der Waals surface area contributed by atoms with Crippen molar-refractivity contribution in [2.45, 2.75) is 20.4 Å². The van der Waals surface area contributed by atoms with E-state index in [0.29, 0.717) is 0 Å². The van der Waals surface area contributed by atoms with Gasteiger partial charge in [-0.05, 0) is 41.9 Å². The molecule has 2 aromatic rings. The number of pyridine rings is 1. The van der Waals surface area contributed by atoms with Crippen molar-refractivity contribution in [1.82, 2.24) is 9.97 Å². The fourth-order valence-electron chi connectivity index (χ4n) is 1.59. The minimum absolute atomic E-state index is 0.804. The molecule has 90 valence electrons. The van der Waals surface area contributed by atoms with Crippen LogP contribution in [0, 0.1) is 6.92 Å². The molecule has 0 aromatic carbocycles. The van der Waals surface area contributed by atoms with E-state index >= 15 is 0 Å². The average Bonchev–Trinajstić information content (AvgIpc) is 2.73. The summed E-state index contributed by atoms with van der Waals surface area (Å²) < 4.78 is 0.896. The van der Waals surface area contributed by atoms with E-state index in [1.165, 1.54) is 0 Å². The van der Waals surface area contributed by atoms with Crippen molar-refractivity contribution in [3.05, 3.63) is 39.6 Å². The zero-order valence-electron chi connectivity index (χ0n) is 9.85. The summed E-state index contributed by atoms with van der Waals surface area (Å²) in [5.74, 6) is 0. The highest BCUT2D eigenvalue weighted by Gasteiger charge is 2.10. The van der Waals surface area contributed by atoms with Crippen LogP contribution in [0.5, 0.6) is 0 Å². The molecule has 2 rings (SSSR count). The zero-order valence-corrected chi connectivity index (χ0v) is 12.3. The highest BCUT2D eigenvalue weighted by Crippen LogP contribution is 2.24. The van der Waals surface area contributed by atoms with Crippen molar-refractivity contribution in [2.24, 2.45) is 0 Å². The molecule has 0 spiro atoms. The van der Waals surface area contributed by atoms with Crippen LogP contribution in [-0.4, -0.2) is 16.5 Å². The number of thiazole rings is 1. The van der Waals surface area contributed by atoms with Crippen molar-refractivity contribution in [2.75, 3.05) is 11.4 Å². The maximum Gasteiger partial charge on any atom is 0.186 e. The van der Waals surface area contributed by atoms with Gasteiger partial charge in [0.25, 0.3) is 0 Å². The van der Waals surface area contributed by atoms with E-state index in [9.17, 15) is 0 Å². The van der Waals surface area contributed by atoms with Gasteiger partial charge in [0.1, 0.15) is 4.60 Å². The Balaban J connectivity index is 2.15. The molecule has 0 unspecified atom stereocenters. The van der Waals surface area contributed by atoms with Crippen molar-refractivity contribution in [1.29, 1.82) is 0 Å². The van der Waals surface area contributed by atoms with Crippen molar-refractivity contribution < 1.29 is 0 Å². The molecule has 0 amide bonds. The van der Waals surface area contributed by atoms with E-state index in [4.69, 9.17) is 0 Å². The van der Waals surface area contributed by atoms with Crippen LogP contribution >= 0.6 is 27.3 Å². The van der Waals surface area contributed by atoms with Crippen LogP contribution < -0.4 is 4.90 Å². The smallest absolute Gasteiger partial charge is 0.186 e. The lowest BCUT2D eigenvalue weighted by Crippen LogP contribution is -2.22. The molecule has 17 heavy (non-hydrogen) atoms. The standard InChI is InChI=1S/C12H14BrN3S/c1-3-16(12-15-11(13)8-17-12)7-10-6-4-5-9(2)14-10/h4-6,8H,3,7H2,1-2H3. The molecule has 0 fully saturated rings. The van der Waals surface area contributed by atoms with Gasteiger partial charge in [0.15, 0.2) is 5.13 Å². The summed E-state index contributed by atoms with van der Waals surface area (Å²) in [4.78, 5) is 11.2. The predicted octanol–water partition coefficient (Wildman–Crippen LogP) is 3.64. The molecule has 0 bridgehead atoms. The normalized spacial score (nSPS) is 10.5. The number of hydrogen-bond donors (Lipinski definition) is 0.